The number of carbonyl (C=O) groups excluding carboxylic acids is 1. The van der Waals surface area contributed by atoms with Crippen LogP contribution < -0.4 is 10.6 Å². The molecule has 1 aliphatic rings. The van der Waals surface area contributed by atoms with E-state index in [4.69, 9.17) is 0 Å². The van der Waals surface area contributed by atoms with Crippen molar-refractivity contribution in [1.29, 1.82) is 0 Å². The van der Waals surface area contributed by atoms with Crippen LogP contribution in [0.2, 0.25) is 0 Å². The molecular weight excluding hydrogens is 332 g/mol. The Morgan fingerprint density at radius 3 is 2.68 bits per heavy atom. The van der Waals surface area contributed by atoms with E-state index in [1.165, 1.54) is 23.1 Å². The maximum atomic E-state index is 12.0. The largest absolute Gasteiger partial charge is 0.352 e. The zero-order chi connectivity index (χ0) is 16.8. The summed E-state index contributed by atoms with van der Waals surface area (Å²) in [6.45, 7) is 4.85. The first-order valence-corrected chi connectivity index (χ1v) is 8.84. The highest BCUT2D eigenvalue weighted by Gasteiger charge is 2.15. The molecule has 3 nitrogen and oxygen atoms in total. The molecule has 0 aliphatic carbocycles. The molecule has 0 aromatic heterocycles. The third-order valence-electron chi connectivity index (χ3n) is 4.74. The van der Waals surface area contributed by atoms with E-state index in [0.29, 0.717) is 18.9 Å². The Morgan fingerprint density at radius 2 is 1.96 bits per heavy atom. The van der Waals surface area contributed by atoms with Crippen molar-refractivity contribution < 1.29 is 4.79 Å². The fourth-order valence-electron chi connectivity index (χ4n) is 3.19. The predicted octanol–water partition coefficient (Wildman–Crippen LogP) is 4.09. The first kappa shape index (κ1) is 19.5. The third kappa shape index (κ3) is 5.87. The molecule has 1 saturated heterocycles. The normalized spacial score (nSPS) is 16.3. The van der Waals surface area contributed by atoms with E-state index in [-0.39, 0.29) is 18.3 Å². The lowest BCUT2D eigenvalue weighted by Crippen LogP contribution is -2.23. The molecule has 0 bridgehead atoms. The van der Waals surface area contributed by atoms with Gasteiger partial charge in [0.25, 0.3) is 0 Å². The summed E-state index contributed by atoms with van der Waals surface area (Å²) >= 11 is 0. The Kier molecular flexibility index (Phi) is 7.48. The number of amides is 1. The van der Waals surface area contributed by atoms with E-state index >= 15 is 0 Å². The highest BCUT2D eigenvalue weighted by molar-refractivity contribution is 5.85. The maximum Gasteiger partial charge on any atom is 0.220 e. The van der Waals surface area contributed by atoms with Gasteiger partial charge in [-0.25, -0.2) is 0 Å². The van der Waals surface area contributed by atoms with Gasteiger partial charge >= 0.3 is 0 Å². The molecule has 2 aromatic carbocycles. The van der Waals surface area contributed by atoms with Crippen LogP contribution in [0.15, 0.2) is 48.5 Å². The van der Waals surface area contributed by atoms with Crippen LogP contribution in [0.25, 0.3) is 11.1 Å². The molecule has 1 amide bonds. The number of rotatable bonds is 6. The summed E-state index contributed by atoms with van der Waals surface area (Å²) in [5, 5.41) is 6.40. The Balaban J connectivity index is 0.00000225. The van der Waals surface area contributed by atoms with Crippen molar-refractivity contribution in [3.05, 3.63) is 59.7 Å². The van der Waals surface area contributed by atoms with E-state index in [0.717, 1.165) is 25.1 Å². The standard InChI is InChI=1S/C21H26N2O.ClH/c1-16-5-8-19(9-6-16)20-4-2-3-18(13-20)15-23-21(24)10-7-17-11-12-22-14-17;/h2-6,8-9,13,17,22H,7,10-12,14-15H2,1H3,(H,23,24);1H. The minimum Gasteiger partial charge on any atom is -0.352 e. The Bertz CT molecular complexity index is 679. The van der Waals surface area contributed by atoms with Crippen molar-refractivity contribution in [2.24, 2.45) is 5.92 Å². The van der Waals surface area contributed by atoms with Gasteiger partial charge in [-0.15, -0.1) is 12.4 Å². The molecular formula is C21H27ClN2O. The summed E-state index contributed by atoms with van der Waals surface area (Å²) in [4.78, 5) is 12.0. The molecule has 2 aromatic rings. The van der Waals surface area contributed by atoms with Crippen LogP contribution in [0.5, 0.6) is 0 Å². The second-order valence-corrected chi connectivity index (χ2v) is 6.74. The zero-order valence-electron chi connectivity index (χ0n) is 14.8. The Labute approximate surface area is 156 Å². The summed E-state index contributed by atoms with van der Waals surface area (Å²) in [7, 11) is 0. The van der Waals surface area contributed by atoms with Gasteiger partial charge in [-0.1, -0.05) is 48.0 Å². The highest BCUT2D eigenvalue weighted by Crippen LogP contribution is 2.21. The lowest BCUT2D eigenvalue weighted by Gasteiger charge is -2.10. The van der Waals surface area contributed by atoms with Crippen LogP contribution in [0.1, 0.15) is 30.4 Å². The van der Waals surface area contributed by atoms with Crippen molar-refractivity contribution in [3.8, 4) is 11.1 Å². The molecule has 0 spiro atoms. The number of aryl methyl sites for hydroxylation is 1. The molecule has 1 aliphatic heterocycles. The van der Waals surface area contributed by atoms with Gasteiger partial charge in [-0.2, -0.15) is 0 Å². The monoisotopic (exact) mass is 358 g/mol. The molecule has 1 fully saturated rings. The number of carbonyl (C=O) groups is 1. The van der Waals surface area contributed by atoms with E-state index in [9.17, 15) is 4.79 Å². The second kappa shape index (κ2) is 9.59. The molecule has 4 heteroatoms. The van der Waals surface area contributed by atoms with E-state index in [1.807, 2.05) is 0 Å². The second-order valence-electron chi connectivity index (χ2n) is 6.74. The van der Waals surface area contributed by atoms with Gasteiger partial charge in [0.15, 0.2) is 0 Å². The van der Waals surface area contributed by atoms with Gasteiger partial charge in [-0.05, 0) is 61.5 Å². The average Bonchev–Trinajstić information content (AvgIpc) is 3.13. The first-order valence-electron chi connectivity index (χ1n) is 8.84. The van der Waals surface area contributed by atoms with Gasteiger partial charge in [0.05, 0.1) is 0 Å². The van der Waals surface area contributed by atoms with Gasteiger partial charge in [-0.3, -0.25) is 4.79 Å². The van der Waals surface area contributed by atoms with Crippen LogP contribution in [0, 0.1) is 12.8 Å². The summed E-state index contributed by atoms with van der Waals surface area (Å²) < 4.78 is 0. The molecule has 134 valence electrons. The number of hydrogen-bond acceptors (Lipinski definition) is 2. The summed E-state index contributed by atoms with van der Waals surface area (Å²) in [6, 6.07) is 16.9. The topological polar surface area (TPSA) is 41.1 Å². The SMILES string of the molecule is Cc1ccc(-c2cccc(CNC(=O)CCC3CCNC3)c2)cc1.Cl. The van der Waals surface area contributed by atoms with Crippen LogP contribution in [-0.4, -0.2) is 19.0 Å². The van der Waals surface area contributed by atoms with Gasteiger partial charge in [0.1, 0.15) is 0 Å². The third-order valence-corrected chi connectivity index (χ3v) is 4.74. The number of hydrogen-bond donors (Lipinski definition) is 2. The van der Waals surface area contributed by atoms with Gasteiger partial charge in [0, 0.05) is 13.0 Å². The van der Waals surface area contributed by atoms with Crippen molar-refractivity contribution >= 4 is 18.3 Å². The molecule has 3 rings (SSSR count). The first-order chi connectivity index (χ1) is 11.7. The number of benzene rings is 2. The molecule has 2 N–H and O–H groups in total. The van der Waals surface area contributed by atoms with Crippen molar-refractivity contribution in [2.45, 2.75) is 32.7 Å². The molecule has 0 radical (unpaired) electrons. The smallest absolute Gasteiger partial charge is 0.220 e. The summed E-state index contributed by atoms with van der Waals surface area (Å²) in [6.07, 6.45) is 2.82. The number of halogens is 1. The van der Waals surface area contributed by atoms with Crippen molar-refractivity contribution in [2.75, 3.05) is 13.1 Å². The molecule has 1 unspecified atom stereocenters. The lowest BCUT2D eigenvalue weighted by atomic mass is 10.0. The number of nitrogens with one attached hydrogen (secondary N) is 2. The summed E-state index contributed by atoms with van der Waals surface area (Å²) in [5.41, 5.74) is 4.81. The van der Waals surface area contributed by atoms with Gasteiger partial charge in [0.2, 0.25) is 5.91 Å². The molecule has 0 saturated carbocycles. The average molecular weight is 359 g/mol. The maximum absolute atomic E-state index is 12.0. The zero-order valence-corrected chi connectivity index (χ0v) is 15.6. The van der Waals surface area contributed by atoms with Gasteiger partial charge < -0.3 is 10.6 Å². The van der Waals surface area contributed by atoms with E-state index in [1.54, 1.807) is 0 Å². The van der Waals surface area contributed by atoms with Crippen molar-refractivity contribution in [3.63, 3.8) is 0 Å². The Hall–Kier alpha value is -1.84. The fourth-order valence-corrected chi connectivity index (χ4v) is 3.19. The molecule has 1 atom stereocenters. The van der Waals surface area contributed by atoms with E-state index in [2.05, 4.69) is 66.1 Å². The quantitative estimate of drug-likeness (QED) is 0.816. The van der Waals surface area contributed by atoms with Crippen LogP contribution in [-0.2, 0) is 11.3 Å². The minimum atomic E-state index is 0. The molecule has 25 heavy (non-hydrogen) atoms. The lowest BCUT2D eigenvalue weighted by molar-refractivity contribution is -0.121. The molecule has 1 heterocycles. The highest BCUT2D eigenvalue weighted by atomic mass is 35.5. The van der Waals surface area contributed by atoms with E-state index < -0.39 is 0 Å². The van der Waals surface area contributed by atoms with Crippen LogP contribution >= 0.6 is 12.4 Å². The van der Waals surface area contributed by atoms with Crippen molar-refractivity contribution in [1.82, 2.24) is 10.6 Å². The van der Waals surface area contributed by atoms with Crippen LogP contribution in [0.3, 0.4) is 0 Å². The summed E-state index contributed by atoms with van der Waals surface area (Å²) in [5.74, 6) is 0.822. The predicted molar refractivity (Wildman–Crippen MR) is 106 cm³/mol. The fraction of sp³-hybridized carbons (Fsp3) is 0.381. The Morgan fingerprint density at radius 1 is 1.16 bits per heavy atom. The minimum absolute atomic E-state index is 0. The van der Waals surface area contributed by atoms with Crippen LogP contribution in [0.4, 0.5) is 0 Å².